The maximum absolute atomic E-state index is 12.7. The number of Topliss-reactive ketones (excluding diaryl/α,β-unsaturated/α-hetero) is 1. The molecule has 1 heterocycles. The van der Waals surface area contributed by atoms with Gasteiger partial charge in [-0.05, 0) is 26.0 Å². The summed E-state index contributed by atoms with van der Waals surface area (Å²) in [6, 6.07) is 18.3. The molecule has 1 aromatic heterocycles. The maximum Gasteiger partial charge on any atom is 0.325 e. The van der Waals surface area contributed by atoms with Gasteiger partial charge in [-0.2, -0.15) is 5.26 Å². The Morgan fingerprint density at radius 3 is 2.46 bits per heavy atom. The summed E-state index contributed by atoms with van der Waals surface area (Å²) in [5.41, 5.74) is 2.91. The summed E-state index contributed by atoms with van der Waals surface area (Å²) < 4.78 is 6.92. The smallest absolute Gasteiger partial charge is 0.325 e. The monoisotopic (exact) mass is 372 g/mol. The molecule has 5 nitrogen and oxygen atoms in total. The van der Waals surface area contributed by atoms with Crippen LogP contribution in [0.4, 0.5) is 0 Å². The van der Waals surface area contributed by atoms with E-state index in [0.29, 0.717) is 12.2 Å². The third kappa shape index (κ3) is 3.72. The number of hydrogen-bond donors (Lipinski definition) is 0. The van der Waals surface area contributed by atoms with E-state index < -0.39 is 0 Å². The Morgan fingerprint density at radius 2 is 1.79 bits per heavy atom. The minimum atomic E-state index is -0.331. The van der Waals surface area contributed by atoms with Crippen molar-refractivity contribution in [1.29, 1.82) is 5.26 Å². The molecule has 0 saturated heterocycles. The third-order valence-electron chi connectivity index (χ3n) is 4.56. The molecule has 5 heteroatoms. The average Bonchev–Trinajstić information content (AvgIpc) is 2.98. The fourth-order valence-electron chi connectivity index (χ4n) is 3.22. The molecule has 0 saturated carbocycles. The van der Waals surface area contributed by atoms with Crippen molar-refractivity contribution in [2.45, 2.75) is 20.4 Å². The average molecular weight is 372 g/mol. The SMILES string of the molecule is CCOC(=O)Cn1c(C)c(/C=C(\C#N)C(=O)c2ccccc2)c2ccccc21. The predicted octanol–water partition coefficient (Wildman–Crippen LogP) is 4.30. The van der Waals surface area contributed by atoms with Crippen LogP contribution in [0.3, 0.4) is 0 Å². The number of allylic oxidation sites excluding steroid dienone is 1. The lowest BCUT2D eigenvalue weighted by Gasteiger charge is -2.07. The Kier molecular flexibility index (Phi) is 5.71. The number of carbonyl (C=O) groups excluding carboxylic acids is 2. The fraction of sp³-hybridized carbons (Fsp3) is 0.174. The Balaban J connectivity index is 2.11. The predicted molar refractivity (Wildman–Crippen MR) is 108 cm³/mol. The number of carbonyl (C=O) groups is 2. The van der Waals surface area contributed by atoms with Crippen molar-refractivity contribution >= 4 is 28.7 Å². The zero-order valence-electron chi connectivity index (χ0n) is 15.8. The number of hydrogen-bond acceptors (Lipinski definition) is 4. The van der Waals surface area contributed by atoms with Gasteiger partial charge in [0.2, 0.25) is 5.78 Å². The third-order valence-corrected chi connectivity index (χ3v) is 4.56. The molecule has 3 rings (SSSR count). The molecule has 0 bridgehead atoms. The fourth-order valence-corrected chi connectivity index (χ4v) is 3.22. The Hall–Kier alpha value is -3.65. The van der Waals surface area contributed by atoms with Crippen molar-refractivity contribution in [1.82, 2.24) is 4.57 Å². The zero-order valence-corrected chi connectivity index (χ0v) is 15.8. The number of fused-ring (bicyclic) bond motifs is 1. The quantitative estimate of drug-likeness (QED) is 0.280. The molecule has 0 amide bonds. The van der Waals surface area contributed by atoms with E-state index in [0.717, 1.165) is 22.2 Å². The van der Waals surface area contributed by atoms with E-state index in [-0.39, 0.29) is 23.9 Å². The first-order valence-electron chi connectivity index (χ1n) is 9.01. The first-order valence-corrected chi connectivity index (χ1v) is 9.01. The summed E-state index contributed by atoms with van der Waals surface area (Å²) in [5, 5.41) is 10.5. The van der Waals surface area contributed by atoms with Crippen LogP contribution in [-0.2, 0) is 16.1 Å². The van der Waals surface area contributed by atoms with Gasteiger partial charge in [-0.25, -0.2) is 0 Å². The molecular formula is C23H20N2O3. The van der Waals surface area contributed by atoms with Crippen LogP contribution in [0, 0.1) is 18.3 Å². The maximum atomic E-state index is 12.7. The van der Waals surface area contributed by atoms with E-state index in [1.54, 1.807) is 37.3 Å². The number of ketones is 1. The van der Waals surface area contributed by atoms with Gasteiger partial charge in [0.15, 0.2) is 0 Å². The van der Waals surface area contributed by atoms with Crippen LogP contribution in [0.1, 0.15) is 28.5 Å². The molecule has 0 radical (unpaired) electrons. The van der Waals surface area contributed by atoms with Gasteiger partial charge < -0.3 is 9.30 Å². The van der Waals surface area contributed by atoms with E-state index in [9.17, 15) is 14.9 Å². The number of rotatable bonds is 6. The van der Waals surface area contributed by atoms with Crippen molar-refractivity contribution in [3.63, 3.8) is 0 Å². The second-order valence-corrected chi connectivity index (χ2v) is 6.27. The van der Waals surface area contributed by atoms with Gasteiger partial charge in [-0.1, -0.05) is 48.5 Å². The lowest BCUT2D eigenvalue weighted by Crippen LogP contribution is -2.14. The van der Waals surface area contributed by atoms with Crippen LogP contribution < -0.4 is 0 Å². The lowest BCUT2D eigenvalue weighted by atomic mass is 10.0. The summed E-state index contributed by atoms with van der Waals surface area (Å²) in [5.74, 6) is -0.660. The van der Waals surface area contributed by atoms with Crippen molar-refractivity contribution in [2.75, 3.05) is 6.61 Å². The molecule has 28 heavy (non-hydrogen) atoms. The van der Waals surface area contributed by atoms with E-state index in [4.69, 9.17) is 4.74 Å². The molecule has 0 unspecified atom stereocenters. The summed E-state index contributed by atoms with van der Waals surface area (Å²) in [4.78, 5) is 24.8. The minimum Gasteiger partial charge on any atom is -0.465 e. The minimum absolute atomic E-state index is 0.0494. The topological polar surface area (TPSA) is 72.1 Å². The number of ether oxygens (including phenoxy) is 1. The molecule has 140 valence electrons. The van der Waals surface area contributed by atoms with Crippen molar-refractivity contribution in [3.8, 4) is 6.07 Å². The first kappa shape index (κ1) is 19.1. The Labute approximate surface area is 163 Å². The van der Waals surface area contributed by atoms with Gasteiger partial charge in [0, 0.05) is 27.7 Å². The Bertz CT molecular complexity index is 1100. The van der Waals surface area contributed by atoms with Gasteiger partial charge >= 0.3 is 5.97 Å². The first-order chi connectivity index (χ1) is 13.6. The molecule has 0 fully saturated rings. The molecule has 0 aliphatic heterocycles. The standard InChI is InChI=1S/C23H20N2O3/c1-3-28-22(26)15-25-16(2)20(19-11-7-8-12-21(19)25)13-18(14-24)23(27)17-9-5-4-6-10-17/h4-13H,3,15H2,1-2H3/b18-13+. The number of para-hydroxylation sites is 1. The van der Waals surface area contributed by atoms with Crippen molar-refractivity contribution in [3.05, 3.63) is 77.0 Å². The highest BCUT2D eigenvalue weighted by molar-refractivity contribution is 6.15. The second-order valence-electron chi connectivity index (χ2n) is 6.27. The van der Waals surface area contributed by atoms with Crippen LogP contribution in [0.2, 0.25) is 0 Å². The van der Waals surface area contributed by atoms with E-state index in [2.05, 4.69) is 0 Å². The van der Waals surface area contributed by atoms with Crippen LogP contribution in [0.5, 0.6) is 0 Å². The van der Waals surface area contributed by atoms with Gasteiger partial charge in [-0.15, -0.1) is 0 Å². The van der Waals surface area contributed by atoms with Crippen LogP contribution >= 0.6 is 0 Å². The van der Waals surface area contributed by atoms with Crippen LogP contribution in [0.15, 0.2) is 60.2 Å². The molecule has 0 aliphatic rings. The summed E-state index contributed by atoms with van der Waals surface area (Å²) in [6.45, 7) is 4.02. The summed E-state index contributed by atoms with van der Waals surface area (Å²) in [7, 11) is 0. The van der Waals surface area contributed by atoms with E-state index in [1.807, 2.05) is 47.9 Å². The number of aromatic nitrogens is 1. The summed E-state index contributed by atoms with van der Waals surface area (Å²) in [6.07, 6.45) is 1.61. The molecule has 0 atom stereocenters. The highest BCUT2D eigenvalue weighted by Crippen LogP contribution is 2.28. The van der Waals surface area contributed by atoms with E-state index >= 15 is 0 Å². The van der Waals surface area contributed by atoms with Gasteiger partial charge in [0.25, 0.3) is 0 Å². The highest BCUT2D eigenvalue weighted by Gasteiger charge is 2.18. The molecule has 3 aromatic rings. The molecule has 0 N–H and O–H groups in total. The zero-order chi connectivity index (χ0) is 20.1. The number of nitriles is 1. The highest BCUT2D eigenvalue weighted by atomic mass is 16.5. The number of esters is 1. The Morgan fingerprint density at radius 1 is 1.11 bits per heavy atom. The largest absolute Gasteiger partial charge is 0.465 e. The normalized spacial score (nSPS) is 11.2. The molecule has 2 aromatic carbocycles. The van der Waals surface area contributed by atoms with Gasteiger partial charge in [-0.3, -0.25) is 9.59 Å². The van der Waals surface area contributed by atoms with Crippen LogP contribution in [-0.4, -0.2) is 22.9 Å². The van der Waals surface area contributed by atoms with Crippen LogP contribution in [0.25, 0.3) is 17.0 Å². The summed E-state index contributed by atoms with van der Waals surface area (Å²) >= 11 is 0. The van der Waals surface area contributed by atoms with E-state index in [1.165, 1.54) is 0 Å². The lowest BCUT2D eigenvalue weighted by molar-refractivity contribution is -0.143. The van der Waals surface area contributed by atoms with Gasteiger partial charge in [0.1, 0.15) is 18.2 Å². The number of nitrogens with zero attached hydrogens (tertiary/aromatic N) is 2. The van der Waals surface area contributed by atoms with Crippen molar-refractivity contribution < 1.29 is 14.3 Å². The molecular weight excluding hydrogens is 352 g/mol. The van der Waals surface area contributed by atoms with Gasteiger partial charge in [0.05, 0.1) is 6.61 Å². The van der Waals surface area contributed by atoms with Crippen molar-refractivity contribution in [2.24, 2.45) is 0 Å². The molecule has 0 spiro atoms. The molecule has 0 aliphatic carbocycles. The number of benzene rings is 2. The second kappa shape index (κ2) is 8.36.